The topological polar surface area (TPSA) is 36.7 Å². The van der Waals surface area contributed by atoms with E-state index < -0.39 is 0 Å². The van der Waals surface area contributed by atoms with Crippen molar-refractivity contribution in [2.45, 2.75) is 5.03 Å². The van der Waals surface area contributed by atoms with Gasteiger partial charge < -0.3 is 0 Å². The number of hydrogen-bond acceptors (Lipinski definition) is 3. The molecular weight excluding hydrogens is 192 g/mol. The molecule has 68 valence electrons. The van der Waals surface area contributed by atoms with Crippen LogP contribution in [0.5, 0.6) is 0 Å². The summed E-state index contributed by atoms with van der Waals surface area (Å²) in [6.07, 6.45) is 1.96. The second kappa shape index (κ2) is 3.69. The molecule has 0 N–H and O–H groups in total. The normalized spacial score (nSPS) is 10.0. The summed E-state index contributed by atoms with van der Waals surface area (Å²) in [5.74, 6) is 0. The summed E-state index contributed by atoms with van der Waals surface area (Å²) < 4.78 is 0. The third kappa shape index (κ3) is 1.45. The van der Waals surface area contributed by atoms with Gasteiger partial charge in [-0.1, -0.05) is 18.2 Å². The fraction of sp³-hybridized carbons (Fsp3) is 0.0909. The maximum absolute atomic E-state index is 8.97. The van der Waals surface area contributed by atoms with Crippen LogP contribution in [0.2, 0.25) is 0 Å². The monoisotopic (exact) mass is 200 g/mol. The number of para-hydroxylation sites is 1. The fourth-order valence-corrected chi connectivity index (χ4v) is 1.77. The van der Waals surface area contributed by atoms with Crippen molar-refractivity contribution >= 4 is 22.7 Å². The molecule has 2 nitrogen and oxygen atoms in total. The highest BCUT2D eigenvalue weighted by atomic mass is 32.2. The molecule has 0 aliphatic carbocycles. The third-order valence-electron chi connectivity index (χ3n) is 2.02. The van der Waals surface area contributed by atoms with Gasteiger partial charge in [-0.2, -0.15) is 5.26 Å². The van der Waals surface area contributed by atoms with E-state index in [1.165, 1.54) is 0 Å². The predicted molar refractivity (Wildman–Crippen MR) is 58.2 cm³/mol. The minimum atomic E-state index is 0.694. The van der Waals surface area contributed by atoms with Crippen molar-refractivity contribution in [1.82, 2.24) is 4.98 Å². The summed E-state index contributed by atoms with van der Waals surface area (Å²) in [7, 11) is 0. The van der Waals surface area contributed by atoms with Crippen LogP contribution in [0.15, 0.2) is 35.4 Å². The molecule has 0 aliphatic heterocycles. The largest absolute Gasteiger partial charge is 0.241 e. The quantitative estimate of drug-likeness (QED) is 0.664. The molecule has 1 heterocycles. The van der Waals surface area contributed by atoms with Gasteiger partial charge in [0.15, 0.2) is 0 Å². The number of aromatic nitrogens is 1. The zero-order chi connectivity index (χ0) is 9.97. The number of hydrogen-bond donors (Lipinski definition) is 0. The lowest BCUT2D eigenvalue weighted by Gasteiger charge is -2.01. The van der Waals surface area contributed by atoms with Crippen LogP contribution in [-0.2, 0) is 0 Å². The minimum Gasteiger partial charge on any atom is -0.241 e. The Morgan fingerprint density at radius 1 is 1.36 bits per heavy atom. The van der Waals surface area contributed by atoms with Crippen LogP contribution < -0.4 is 0 Å². The summed E-state index contributed by atoms with van der Waals surface area (Å²) in [6.45, 7) is 0. The van der Waals surface area contributed by atoms with Crippen molar-refractivity contribution < 1.29 is 0 Å². The van der Waals surface area contributed by atoms with Gasteiger partial charge in [0.2, 0.25) is 0 Å². The average Bonchev–Trinajstić information content (AvgIpc) is 2.27. The van der Waals surface area contributed by atoms with Crippen LogP contribution in [0, 0.1) is 11.3 Å². The van der Waals surface area contributed by atoms with Crippen molar-refractivity contribution in [2.75, 3.05) is 6.26 Å². The molecule has 0 saturated heterocycles. The van der Waals surface area contributed by atoms with Crippen molar-refractivity contribution in [2.24, 2.45) is 0 Å². The molecule has 0 atom stereocenters. The first kappa shape index (κ1) is 9.04. The highest BCUT2D eigenvalue weighted by molar-refractivity contribution is 7.98. The highest BCUT2D eigenvalue weighted by Gasteiger charge is 2.03. The molecule has 0 saturated carbocycles. The zero-order valence-corrected chi connectivity index (χ0v) is 8.51. The van der Waals surface area contributed by atoms with E-state index in [4.69, 9.17) is 5.26 Å². The van der Waals surface area contributed by atoms with E-state index >= 15 is 0 Å². The standard InChI is InChI=1S/C11H8N2S/c1-14-11-6-8(7-12)9-4-2-3-5-10(9)13-11/h2-6H,1H3. The molecule has 14 heavy (non-hydrogen) atoms. The number of nitriles is 1. The van der Waals surface area contributed by atoms with E-state index in [1.54, 1.807) is 11.8 Å². The van der Waals surface area contributed by atoms with Gasteiger partial charge in [-0.05, 0) is 18.4 Å². The molecule has 2 rings (SSSR count). The lowest BCUT2D eigenvalue weighted by atomic mass is 10.1. The Bertz CT molecular complexity index is 514. The molecule has 1 aromatic carbocycles. The Kier molecular flexibility index (Phi) is 2.38. The molecule has 2 aromatic rings. The smallest absolute Gasteiger partial charge is 0.0999 e. The molecule has 0 unspecified atom stereocenters. The fourth-order valence-electron chi connectivity index (χ4n) is 1.35. The molecular formula is C11H8N2S. The summed E-state index contributed by atoms with van der Waals surface area (Å²) in [4.78, 5) is 4.41. The molecule has 0 fully saturated rings. The van der Waals surface area contributed by atoms with Crippen LogP contribution >= 0.6 is 11.8 Å². The van der Waals surface area contributed by atoms with E-state index in [9.17, 15) is 0 Å². The second-order valence-corrected chi connectivity index (χ2v) is 3.67. The number of fused-ring (bicyclic) bond motifs is 1. The Labute approximate surface area is 86.6 Å². The van der Waals surface area contributed by atoms with Crippen LogP contribution in [0.1, 0.15) is 5.56 Å². The zero-order valence-electron chi connectivity index (χ0n) is 7.69. The van der Waals surface area contributed by atoms with E-state index in [1.807, 2.05) is 36.6 Å². The first-order valence-corrected chi connectivity index (χ1v) is 5.41. The van der Waals surface area contributed by atoms with Crippen molar-refractivity contribution in [3.63, 3.8) is 0 Å². The third-order valence-corrected chi connectivity index (χ3v) is 2.65. The summed E-state index contributed by atoms with van der Waals surface area (Å²) in [5.41, 5.74) is 1.58. The van der Waals surface area contributed by atoms with E-state index in [2.05, 4.69) is 11.1 Å². The van der Waals surface area contributed by atoms with Gasteiger partial charge in [0.1, 0.15) is 0 Å². The van der Waals surface area contributed by atoms with Gasteiger partial charge >= 0.3 is 0 Å². The number of benzene rings is 1. The van der Waals surface area contributed by atoms with Gasteiger partial charge in [-0.25, -0.2) is 4.98 Å². The van der Waals surface area contributed by atoms with E-state index in [0.29, 0.717) is 5.56 Å². The van der Waals surface area contributed by atoms with Crippen molar-refractivity contribution in [3.05, 3.63) is 35.9 Å². The first-order valence-electron chi connectivity index (χ1n) is 4.19. The molecule has 0 spiro atoms. The lowest BCUT2D eigenvalue weighted by Crippen LogP contribution is -1.86. The molecule has 0 radical (unpaired) electrons. The number of nitrogens with zero attached hydrogens (tertiary/aromatic N) is 2. The number of rotatable bonds is 1. The van der Waals surface area contributed by atoms with Crippen LogP contribution in [-0.4, -0.2) is 11.2 Å². The Morgan fingerprint density at radius 2 is 2.14 bits per heavy atom. The van der Waals surface area contributed by atoms with Gasteiger partial charge in [-0.3, -0.25) is 0 Å². The summed E-state index contributed by atoms with van der Waals surface area (Å²) in [5, 5.41) is 10.8. The van der Waals surface area contributed by atoms with Gasteiger partial charge in [0.05, 0.1) is 22.2 Å². The lowest BCUT2D eigenvalue weighted by molar-refractivity contribution is 1.19. The van der Waals surface area contributed by atoms with Gasteiger partial charge in [0.25, 0.3) is 0 Å². The molecule has 0 bridgehead atoms. The summed E-state index contributed by atoms with van der Waals surface area (Å²) >= 11 is 1.55. The maximum atomic E-state index is 8.97. The maximum Gasteiger partial charge on any atom is 0.0999 e. The molecule has 0 amide bonds. The van der Waals surface area contributed by atoms with Gasteiger partial charge in [0, 0.05) is 5.39 Å². The Hall–Kier alpha value is -1.53. The Balaban J connectivity index is 2.82. The van der Waals surface area contributed by atoms with Crippen molar-refractivity contribution in [1.29, 1.82) is 5.26 Å². The number of thioether (sulfide) groups is 1. The minimum absolute atomic E-state index is 0.694. The summed E-state index contributed by atoms with van der Waals surface area (Å²) in [6, 6.07) is 11.7. The highest BCUT2D eigenvalue weighted by Crippen LogP contribution is 2.21. The first-order chi connectivity index (χ1) is 6.85. The SMILES string of the molecule is CSc1cc(C#N)c2ccccc2n1. The van der Waals surface area contributed by atoms with Crippen molar-refractivity contribution in [3.8, 4) is 6.07 Å². The van der Waals surface area contributed by atoms with Gasteiger partial charge in [-0.15, -0.1) is 11.8 Å². The predicted octanol–water partition coefficient (Wildman–Crippen LogP) is 2.83. The molecule has 1 aromatic heterocycles. The average molecular weight is 200 g/mol. The van der Waals surface area contributed by atoms with E-state index in [0.717, 1.165) is 15.9 Å². The molecule has 0 aliphatic rings. The second-order valence-electron chi connectivity index (χ2n) is 2.84. The van der Waals surface area contributed by atoms with Crippen LogP contribution in [0.3, 0.4) is 0 Å². The van der Waals surface area contributed by atoms with Crippen LogP contribution in [0.25, 0.3) is 10.9 Å². The number of pyridine rings is 1. The van der Waals surface area contributed by atoms with E-state index in [-0.39, 0.29) is 0 Å². The molecule has 3 heteroatoms. The Morgan fingerprint density at radius 3 is 2.86 bits per heavy atom. The van der Waals surface area contributed by atoms with Crippen LogP contribution in [0.4, 0.5) is 0 Å².